The van der Waals surface area contributed by atoms with E-state index in [0.717, 1.165) is 6.54 Å². The van der Waals surface area contributed by atoms with Gasteiger partial charge in [-0.2, -0.15) is 0 Å². The SMILES string of the molecule is CCCCCCC[CH2][AlH][NH]CC(c1cccc2ccccc12)c1cccc2ccccc12. The summed E-state index contributed by atoms with van der Waals surface area (Å²) < 4.78 is 3.95. The van der Waals surface area contributed by atoms with Crippen LogP contribution in [0.3, 0.4) is 0 Å². The van der Waals surface area contributed by atoms with Gasteiger partial charge in [0.15, 0.2) is 0 Å². The molecule has 4 aromatic rings. The van der Waals surface area contributed by atoms with E-state index in [1.807, 2.05) is 0 Å². The van der Waals surface area contributed by atoms with E-state index in [0.29, 0.717) is 5.92 Å². The molecule has 0 unspecified atom stereocenters. The van der Waals surface area contributed by atoms with Crippen molar-refractivity contribution >= 4 is 37.0 Å². The topological polar surface area (TPSA) is 12.0 Å². The molecule has 0 atom stereocenters. The normalized spacial score (nSPS) is 11.4. The molecule has 0 aliphatic carbocycles. The summed E-state index contributed by atoms with van der Waals surface area (Å²) in [4.78, 5) is 0. The van der Waals surface area contributed by atoms with Crippen LogP contribution in [0.4, 0.5) is 0 Å². The quantitative estimate of drug-likeness (QED) is 0.176. The summed E-state index contributed by atoms with van der Waals surface area (Å²) in [6.07, 6.45) is 8.36. The third-order valence-electron chi connectivity index (χ3n) is 6.70. The first-order chi connectivity index (χ1) is 15.9. The Balaban J connectivity index is 1.53. The van der Waals surface area contributed by atoms with Crippen molar-refractivity contribution in [3.8, 4) is 0 Å². The molecule has 0 aliphatic rings. The summed E-state index contributed by atoms with van der Waals surface area (Å²) in [5, 5.41) is 6.84. The van der Waals surface area contributed by atoms with Crippen molar-refractivity contribution < 1.29 is 0 Å². The lowest BCUT2D eigenvalue weighted by Gasteiger charge is -2.22. The van der Waals surface area contributed by atoms with Crippen LogP contribution in [0.25, 0.3) is 21.5 Å². The molecule has 2 heteroatoms. The molecule has 0 spiro atoms. The summed E-state index contributed by atoms with van der Waals surface area (Å²) >= 11 is -0.234. The molecule has 0 aliphatic heterocycles. The molecular weight excluding hydrogens is 401 g/mol. The molecule has 32 heavy (non-hydrogen) atoms. The Kier molecular flexibility index (Phi) is 8.81. The van der Waals surface area contributed by atoms with Crippen LogP contribution in [0.1, 0.15) is 62.5 Å². The summed E-state index contributed by atoms with van der Waals surface area (Å²) in [7, 11) is 0. The summed E-state index contributed by atoms with van der Waals surface area (Å²) in [5.74, 6) is 0.365. The van der Waals surface area contributed by atoms with Gasteiger partial charge >= 0.3 is 15.4 Å². The molecule has 0 aromatic heterocycles. The Morgan fingerprint density at radius 2 is 1.16 bits per heavy atom. The highest BCUT2D eigenvalue weighted by Gasteiger charge is 2.18. The largest absolute Gasteiger partial charge is 0.401 e. The fourth-order valence-electron chi connectivity index (χ4n) is 4.95. The summed E-state index contributed by atoms with van der Waals surface area (Å²) in [5.41, 5.74) is 2.89. The van der Waals surface area contributed by atoms with Gasteiger partial charge in [0.05, 0.1) is 0 Å². The smallest absolute Gasteiger partial charge is 0.344 e. The second-order valence-corrected chi connectivity index (χ2v) is 10.7. The molecule has 1 nitrogen and oxygen atoms in total. The highest BCUT2D eigenvalue weighted by molar-refractivity contribution is 6.32. The molecule has 164 valence electrons. The minimum Gasteiger partial charge on any atom is -0.401 e. The van der Waals surface area contributed by atoms with Gasteiger partial charge in [-0.25, -0.2) is 0 Å². The standard InChI is InChI=1S/C22H18N.C8H17.Al.H/c23-15-22(20-13-5-9-16-7-1-3-11-18(16)20)21-14-6-10-17-8-2-4-12-19(17)21;1-3-5-7-8-6-4-2;;/h1-14,22-23H,15H2;1,3-8H2,2H3;;/q-1;;+1;. The van der Waals surface area contributed by atoms with Crippen molar-refractivity contribution in [3.63, 3.8) is 0 Å². The molecule has 4 aromatic carbocycles. The third kappa shape index (κ3) is 5.82. The maximum Gasteiger partial charge on any atom is 0.344 e. The van der Waals surface area contributed by atoms with Gasteiger partial charge in [0.1, 0.15) is 0 Å². The van der Waals surface area contributed by atoms with Crippen LogP contribution in [-0.2, 0) is 0 Å². The van der Waals surface area contributed by atoms with E-state index in [9.17, 15) is 0 Å². The highest BCUT2D eigenvalue weighted by atomic mass is 27.1. The van der Waals surface area contributed by atoms with Crippen molar-refractivity contribution in [1.29, 1.82) is 0 Å². The summed E-state index contributed by atoms with van der Waals surface area (Å²) in [6, 6.07) is 31.3. The lowest BCUT2D eigenvalue weighted by molar-refractivity contribution is 0.622. The number of nitrogens with one attached hydrogen (secondary N) is 1. The van der Waals surface area contributed by atoms with Gasteiger partial charge in [-0.05, 0) is 39.2 Å². The van der Waals surface area contributed by atoms with E-state index in [1.165, 1.54) is 76.5 Å². The first kappa shape index (κ1) is 23.1. The maximum atomic E-state index is 3.95. The molecular formula is C30H36AlN. The zero-order valence-electron chi connectivity index (χ0n) is 19.5. The van der Waals surface area contributed by atoms with Crippen molar-refractivity contribution in [2.45, 2.75) is 56.6 Å². The molecule has 0 saturated heterocycles. The van der Waals surface area contributed by atoms with Gasteiger partial charge in [0.2, 0.25) is 0 Å². The average Bonchev–Trinajstić information content (AvgIpc) is 2.85. The van der Waals surface area contributed by atoms with Crippen LogP contribution in [0.5, 0.6) is 0 Å². The van der Waals surface area contributed by atoms with E-state index in [4.69, 9.17) is 0 Å². The maximum absolute atomic E-state index is 3.95. The van der Waals surface area contributed by atoms with Crippen molar-refractivity contribution in [3.05, 3.63) is 96.1 Å². The predicted octanol–water partition coefficient (Wildman–Crippen LogP) is 7.84. The number of benzene rings is 4. The lowest BCUT2D eigenvalue weighted by atomic mass is 9.85. The number of hydrogen-bond acceptors (Lipinski definition) is 1. The third-order valence-corrected chi connectivity index (χ3v) is 8.20. The molecule has 0 heterocycles. The van der Waals surface area contributed by atoms with Crippen molar-refractivity contribution in [2.24, 2.45) is 0 Å². The Labute approximate surface area is 200 Å². The van der Waals surface area contributed by atoms with Crippen molar-refractivity contribution in [2.75, 3.05) is 6.54 Å². The van der Waals surface area contributed by atoms with Crippen LogP contribution in [-0.4, -0.2) is 22.0 Å². The van der Waals surface area contributed by atoms with Gasteiger partial charge in [-0.1, -0.05) is 136 Å². The fraction of sp³-hybridized carbons (Fsp3) is 0.333. The Morgan fingerprint density at radius 1 is 0.625 bits per heavy atom. The van der Waals surface area contributed by atoms with E-state index in [-0.39, 0.29) is 15.4 Å². The van der Waals surface area contributed by atoms with E-state index in [1.54, 1.807) is 0 Å². The first-order valence-corrected chi connectivity index (χ1v) is 14.2. The van der Waals surface area contributed by atoms with Crippen molar-refractivity contribution in [1.82, 2.24) is 4.30 Å². The molecule has 0 fully saturated rings. The van der Waals surface area contributed by atoms with Gasteiger partial charge in [-0.15, -0.1) is 0 Å². The lowest BCUT2D eigenvalue weighted by Crippen LogP contribution is -2.26. The number of hydrogen-bond donors (Lipinski definition) is 1. The number of rotatable bonds is 12. The first-order valence-electron chi connectivity index (χ1n) is 12.5. The van der Waals surface area contributed by atoms with E-state index < -0.39 is 0 Å². The van der Waals surface area contributed by atoms with Crippen LogP contribution in [0, 0.1) is 0 Å². The monoisotopic (exact) mass is 437 g/mol. The average molecular weight is 438 g/mol. The molecule has 0 bridgehead atoms. The van der Waals surface area contributed by atoms with Crippen LogP contribution in [0.15, 0.2) is 84.9 Å². The zero-order valence-corrected chi connectivity index (χ0v) is 20.9. The Bertz CT molecular complexity index is 1030. The molecule has 0 saturated carbocycles. The van der Waals surface area contributed by atoms with Gasteiger partial charge in [0, 0.05) is 5.92 Å². The van der Waals surface area contributed by atoms with Gasteiger partial charge in [0.25, 0.3) is 0 Å². The minimum absolute atomic E-state index is 0.234. The minimum atomic E-state index is -0.234. The predicted molar refractivity (Wildman–Crippen MR) is 143 cm³/mol. The zero-order chi connectivity index (χ0) is 22.0. The molecule has 0 radical (unpaired) electrons. The second kappa shape index (κ2) is 12.2. The van der Waals surface area contributed by atoms with Crippen LogP contribution >= 0.6 is 0 Å². The molecule has 1 N–H and O–H groups in total. The van der Waals surface area contributed by atoms with E-state index >= 15 is 0 Å². The Morgan fingerprint density at radius 3 is 1.78 bits per heavy atom. The number of fused-ring (bicyclic) bond motifs is 2. The van der Waals surface area contributed by atoms with Crippen LogP contribution in [0.2, 0.25) is 5.28 Å². The second-order valence-electron chi connectivity index (χ2n) is 9.01. The van der Waals surface area contributed by atoms with E-state index in [2.05, 4.69) is 96.2 Å². The van der Waals surface area contributed by atoms with Gasteiger partial charge < -0.3 is 4.30 Å². The number of unbranched alkanes of at least 4 members (excludes halogenated alkanes) is 5. The molecule has 4 rings (SSSR count). The Hall–Kier alpha value is -2.11. The molecule has 0 amide bonds. The van der Waals surface area contributed by atoms with Crippen LogP contribution < -0.4 is 4.30 Å². The summed E-state index contributed by atoms with van der Waals surface area (Å²) in [6.45, 7) is 3.32. The highest BCUT2D eigenvalue weighted by Crippen LogP contribution is 2.34. The fourth-order valence-corrected chi connectivity index (χ4v) is 6.30. The van der Waals surface area contributed by atoms with Gasteiger partial charge in [-0.3, -0.25) is 0 Å².